The van der Waals surface area contributed by atoms with E-state index in [1.807, 2.05) is 0 Å². The number of nitrogens with one attached hydrogen (secondary N) is 1. The molecule has 0 aromatic heterocycles. The highest BCUT2D eigenvalue weighted by molar-refractivity contribution is 8.02. The van der Waals surface area contributed by atoms with Crippen molar-refractivity contribution in [3.8, 4) is 0 Å². The molecule has 0 aliphatic carbocycles. The van der Waals surface area contributed by atoms with Gasteiger partial charge in [0.15, 0.2) is 5.75 Å². The van der Waals surface area contributed by atoms with E-state index in [4.69, 9.17) is 4.74 Å². The highest BCUT2D eigenvalue weighted by Crippen LogP contribution is 2.19. The lowest BCUT2D eigenvalue weighted by Crippen LogP contribution is -2.22. The number of halogens is 1. The van der Waals surface area contributed by atoms with Gasteiger partial charge in [0.2, 0.25) is 5.78 Å². The van der Waals surface area contributed by atoms with Crippen molar-refractivity contribution < 1.29 is 22.9 Å². The predicted molar refractivity (Wildman–Crippen MR) is 80.6 cm³/mol. The molecule has 0 heterocycles. The van der Waals surface area contributed by atoms with Crippen LogP contribution in [-0.4, -0.2) is 43.2 Å². The molecule has 0 amide bonds. The van der Waals surface area contributed by atoms with Gasteiger partial charge in [-0.25, -0.2) is 4.39 Å². The smallest absolute Gasteiger partial charge is 0.325 e. The first-order valence-corrected chi connectivity index (χ1v) is 8.91. The Bertz CT molecular complexity index is 582. The van der Waals surface area contributed by atoms with Crippen LogP contribution in [0.25, 0.3) is 0 Å². The monoisotopic (exact) mass is 316 g/mol. The summed E-state index contributed by atoms with van der Waals surface area (Å²) in [5.41, 5.74) is 0.397. The van der Waals surface area contributed by atoms with Gasteiger partial charge in [-0.1, -0.05) is 0 Å². The number of ether oxygens (including phenoxy) is 1. The number of hydrogen-bond acceptors (Lipinski definition) is 5. The van der Waals surface area contributed by atoms with Crippen LogP contribution in [0.4, 0.5) is 10.1 Å². The Labute approximate surface area is 124 Å². The summed E-state index contributed by atoms with van der Waals surface area (Å²) in [6, 6.07) is 3.59. The number of carbonyl (C=O) groups excluding carboxylic acids is 2. The third-order valence-corrected chi connectivity index (χ3v) is 3.45. The zero-order valence-corrected chi connectivity index (χ0v) is 13.1. The van der Waals surface area contributed by atoms with Crippen LogP contribution in [0.2, 0.25) is 0 Å². The maximum absolute atomic E-state index is 13.3. The van der Waals surface area contributed by atoms with Crippen molar-refractivity contribution in [2.45, 2.75) is 6.92 Å². The van der Waals surface area contributed by atoms with E-state index in [-0.39, 0.29) is 35.9 Å². The largest absolute Gasteiger partial charge is 0.465 e. The lowest BCUT2D eigenvalue weighted by atomic mass is 10.1. The van der Waals surface area contributed by atoms with Crippen LogP contribution in [0.1, 0.15) is 17.3 Å². The number of Topliss-reactive ketones (excluding diaryl/α,β-unsaturated/α-hetero) is 1. The minimum Gasteiger partial charge on any atom is -0.465 e. The molecule has 1 aromatic rings. The Morgan fingerprint density at radius 2 is 2.00 bits per heavy atom. The van der Waals surface area contributed by atoms with Crippen molar-refractivity contribution >= 4 is 27.4 Å². The molecule has 21 heavy (non-hydrogen) atoms. The van der Waals surface area contributed by atoms with Gasteiger partial charge < -0.3 is 10.1 Å². The normalized spacial score (nSPS) is 11.0. The fourth-order valence-corrected chi connectivity index (χ4v) is 2.47. The SMILES string of the molecule is CCOC(=O)CNc1cc(F)ccc1C(=O)C[S+](C)(C)=O. The molecule has 0 bridgehead atoms. The van der Waals surface area contributed by atoms with Gasteiger partial charge in [0.25, 0.3) is 0 Å². The van der Waals surface area contributed by atoms with Crippen molar-refractivity contribution in [3.05, 3.63) is 29.6 Å². The molecule has 116 valence electrons. The molecule has 0 radical (unpaired) electrons. The van der Waals surface area contributed by atoms with Crippen LogP contribution in [0.15, 0.2) is 18.2 Å². The highest BCUT2D eigenvalue weighted by atomic mass is 32.2. The van der Waals surface area contributed by atoms with E-state index in [1.54, 1.807) is 6.92 Å². The van der Waals surface area contributed by atoms with Crippen molar-refractivity contribution in [1.82, 2.24) is 0 Å². The Morgan fingerprint density at radius 3 is 2.57 bits per heavy atom. The molecule has 1 N–H and O–H groups in total. The highest BCUT2D eigenvalue weighted by Gasteiger charge is 2.23. The first kappa shape index (κ1) is 17.3. The predicted octanol–water partition coefficient (Wildman–Crippen LogP) is 1.74. The topological polar surface area (TPSA) is 72.5 Å². The number of carbonyl (C=O) groups is 2. The van der Waals surface area contributed by atoms with Crippen LogP contribution in [0.5, 0.6) is 0 Å². The molecule has 0 fully saturated rings. The van der Waals surface area contributed by atoms with Gasteiger partial charge >= 0.3 is 5.97 Å². The molecule has 0 spiro atoms. The first-order chi connectivity index (χ1) is 9.73. The quantitative estimate of drug-likeness (QED) is 0.471. The minimum atomic E-state index is -2.25. The summed E-state index contributed by atoms with van der Waals surface area (Å²) in [6.45, 7) is 1.74. The fourth-order valence-electron chi connectivity index (χ4n) is 1.68. The average Bonchev–Trinajstić information content (AvgIpc) is 2.34. The summed E-state index contributed by atoms with van der Waals surface area (Å²) in [5.74, 6) is -1.54. The van der Waals surface area contributed by atoms with Gasteiger partial charge in [-0.3, -0.25) is 9.59 Å². The van der Waals surface area contributed by atoms with Gasteiger partial charge in [0, 0.05) is 11.3 Å². The van der Waals surface area contributed by atoms with Crippen molar-refractivity contribution in [2.75, 3.05) is 36.7 Å². The summed E-state index contributed by atoms with van der Waals surface area (Å²) in [6.07, 6.45) is 2.97. The van der Waals surface area contributed by atoms with Gasteiger partial charge in [0.05, 0.1) is 16.5 Å². The third kappa shape index (κ3) is 6.03. The summed E-state index contributed by atoms with van der Waals surface area (Å²) in [7, 11) is -2.25. The van der Waals surface area contributed by atoms with Crippen molar-refractivity contribution in [3.63, 3.8) is 0 Å². The van der Waals surface area contributed by atoms with E-state index >= 15 is 0 Å². The van der Waals surface area contributed by atoms with E-state index in [9.17, 15) is 18.2 Å². The second-order valence-electron chi connectivity index (χ2n) is 4.85. The van der Waals surface area contributed by atoms with E-state index in [2.05, 4.69) is 5.32 Å². The van der Waals surface area contributed by atoms with Gasteiger partial charge in [-0.2, -0.15) is 0 Å². The standard InChI is InChI=1S/C14H18FNO4S/c1-4-20-14(18)8-16-12-7-10(15)5-6-11(12)13(17)9-21(2,3)19/h5-7H,4,8-9H2,1-3H3/p+1. The molecule has 0 saturated heterocycles. The summed E-state index contributed by atoms with van der Waals surface area (Å²) >= 11 is 0. The Morgan fingerprint density at radius 1 is 1.33 bits per heavy atom. The van der Waals surface area contributed by atoms with E-state index < -0.39 is 21.7 Å². The van der Waals surface area contributed by atoms with Crippen LogP contribution in [0, 0.1) is 5.82 Å². The molecule has 0 unspecified atom stereocenters. The fraction of sp³-hybridized carbons (Fsp3) is 0.429. The number of hydrogen-bond donors (Lipinski definition) is 1. The number of ketones is 1. The van der Waals surface area contributed by atoms with Gasteiger partial charge in [-0.15, -0.1) is 4.21 Å². The molecule has 0 aliphatic rings. The second-order valence-corrected chi connectivity index (χ2v) is 8.02. The maximum atomic E-state index is 13.3. The third-order valence-electron chi connectivity index (χ3n) is 2.49. The molecule has 1 aromatic carbocycles. The van der Waals surface area contributed by atoms with Crippen molar-refractivity contribution in [1.29, 1.82) is 0 Å². The summed E-state index contributed by atoms with van der Waals surface area (Å²) in [5, 5.41) is 2.68. The molecule has 0 aliphatic heterocycles. The Kier molecular flexibility index (Phi) is 6.02. The first-order valence-electron chi connectivity index (χ1n) is 6.37. The number of benzene rings is 1. The minimum absolute atomic E-state index is 0.132. The second kappa shape index (κ2) is 7.31. The molecule has 5 nitrogen and oxygen atoms in total. The molecule has 0 saturated carbocycles. The average molecular weight is 316 g/mol. The Balaban J connectivity index is 2.92. The van der Waals surface area contributed by atoms with E-state index in [1.165, 1.54) is 18.6 Å². The van der Waals surface area contributed by atoms with Crippen molar-refractivity contribution in [2.24, 2.45) is 0 Å². The van der Waals surface area contributed by atoms with E-state index in [0.29, 0.717) is 0 Å². The number of esters is 1. The lowest BCUT2D eigenvalue weighted by molar-refractivity contribution is -0.140. The van der Waals surface area contributed by atoms with Crippen LogP contribution in [-0.2, 0) is 23.7 Å². The van der Waals surface area contributed by atoms with Crippen LogP contribution < -0.4 is 5.32 Å². The maximum Gasteiger partial charge on any atom is 0.325 e. The van der Waals surface area contributed by atoms with Gasteiger partial charge in [0.1, 0.15) is 24.9 Å². The molecule has 0 atom stereocenters. The van der Waals surface area contributed by atoms with Crippen LogP contribution >= 0.6 is 0 Å². The molecular weight excluding hydrogens is 297 g/mol. The summed E-state index contributed by atoms with van der Waals surface area (Å²) < 4.78 is 29.8. The zero-order valence-electron chi connectivity index (χ0n) is 12.3. The molecular formula is C14H19FNO4S+. The summed E-state index contributed by atoms with van der Waals surface area (Å²) in [4.78, 5) is 23.4. The zero-order chi connectivity index (χ0) is 16.0. The molecule has 7 heteroatoms. The van der Waals surface area contributed by atoms with Crippen LogP contribution in [0.3, 0.4) is 0 Å². The number of rotatable bonds is 7. The van der Waals surface area contributed by atoms with E-state index in [0.717, 1.165) is 12.1 Å². The number of anilines is 1. The molecule has 1 rings (SSSR count). The van der Waals surface area contributed by atoms with Gasteiger partial charge in [-0.05, 0) is 25.1 Å². The lowest BCUT2D eigenvalue weighted by Gasteiger charge is -2.11. The Hall–Kier alpha value is -1.76.